The molecule has 0 aliphatic heterocycles. The first kappa shape index (κ1) is 11.2. The molecule has 0 aliphatic carbocycles. The minimum atomic E-state index is -0.782. The van der Waals surface area contributed by atoms with Gasteiger partial charge in [0.15, 0.2) is 0 Å². The van der Waals surface area contributed by atoms with E-state index in [1.807, 2.05) is 5.38 Å². The number of hydrogen-bond acceptors (Lipinski definition) is 3. The van der Waals surface area contributed by atoms with Crippen LogP contribution in [0.15, 0.2) is 11.4 Å². The van der Waals surface area contributed by atoms with Crippen molar-refractivity contribution in [2.24, 2.45) is 5.73 Å². The Bertz CT molecular complexity index is 309. The summed E-state index contributed by atoms with van der Waals surface area (Å²) in [5, 5.41) is 10.5. The fraction of sp³-hybridized carbons (Fsp3) is 0.500. The fourth-order valence-electron chi connectivity index (χ4n) is 1.37. The van der Waals surface area contributed by atoms with Crippen molar-refractivity contribution in [1.82, 2.24) is 0 Å². The van der Waals surface area contributed by atoms with Crippen LogP contribution in [0.25, 0.3) is 0 Å². The van der Waals surface area contributed by atoms with Gasteiger partial charge in [-0.1, -0.05) is 6.92 Å². The maximum Gasteiger partial charge on any atom is 0.303 e. The van der Waals surface area contributed by atoms with Crippen LogP contribution in [0.3, 0.4) is 0 Å². The van der Waals surface area contributed by atoms with E-state index in [1.54, 1.807) is 11.3 Å². The van der Waals surface area contributed by atoms with Crippen molar-refractivity contribution in [3.63, 3.8) is 0 Å². The van der Waals surface area contributed by atoms with Crippen LogP contribution in [0.1, 0.15) is 36.2 Å². The average Bonchev–Trinajstić information content (AvgIpc) is 2.61. The molecular weight excluding hydrogens is 198 g/mol. The quantitative estimate of drug-likeness (QED) is 0.788. The molecular formula is C10H15NO2S. The van der Waals surface area contributed by atoms with Crippen molar-refractivity contribution in [3.05, 3.63) is 21.9 Å². The molecule has 0 saturated carbocycles. The lowest BCUT2D eigenvalue weighted by Crippen LogP contribution is -2.12. The molecule has 0 aromatic carbocycles. The zero-order valence-corrected chi connectivity index (χ0v) is 9.01. The first-order chi connectivity index (χ1) is 6.65. The SMILES string of the molecule is CCc1ccsc1C(N)CCC(=O)O. The van der Waals surface area contributed by atoms with Crippen molar-refractivity contribution < 1.29 is 9.90 Å². The van der Waals surface area contributed by atoms with Gasteiger partial charge in [0.2, 0.25) is 0 Å². The van der Waals surface area contributed by atoms with E-state index in [0.29, 0.717) is 6.42 Å². The van der Waals surface area contributed by atoms with Gasteiger partial charge in [-0.2, -0.15) is 0 Å². The maximum absolute atomic E-state index is 10.4. The second kappa shape index (κ2) is 5.12. The Labute approximate surface area is 87.6 Å². The van der Waals surface area contributed by atoms with Crippen LogP contribution < -0.4 is 5.73 Å². The van der Waals surface area contributed by atoms with Crippen molar-refractivity contribution in [1.29, 1.82) is 0 Å². The van der Waals surface area contributed by atoms with Crippen molar-refractivity contribution >= 4 is 17.3 Å². The van der Waals surface area contributed by atoms with E-state index < -0.39 is 5.97 Å². The third kappa shape index (κ3) is 2.82. The summed E-state index contributed by atoms with van der Waals surface area (Å²) in [5.41, 5.74) is 7.15. The van der Waals surface area contributed by atoms with Crippen LogP contribution in [0.2, 0.25) is 0 Å². The Kier molecular flexibility index (Phi) is 4.10. The van der Waals surface area contributed by atoms with Crippen molar-refractivity contribution in [2.45, 2.75) is 32.2 Å². The molecule has 1 atom stereocenters. The van der Waals surface area contributed by atoms with Gasteiger partial charge in [-0.15, -0.1) is 11.3 Å². The molecule has 1 unspecified atom stereocenters. The van der Waals surface area contributed by atoms with E-state index in [-0.39, 0.29) is 12.5 Å². The topological polar surface area (TPSA) is 63.3 Å². The first-order valence-corrected chi connectivity index (χ1v) is 5.56. The number of carbonyl (C=O) groups is 1. The smallest absolute Gasteiger partial charge is 0.303 e. The molecule has 1 aromatic heterocycles. The van der Waals surface area contributed by atoms with Gasteiger partial charge in [0.25, 0.3) is 0 Å². The Morgan fingerprint density at radius 2 is 2.43 bits per heavy atom. The molecule has 3 nitrogen and oxygen atoms in total. The Morgan fingerprint density at radius 1 is 1.71 bits per heavy atom. The van der Waals surface area contributed by atoms with Crippen LogP contribution in [-0.2, 0) is 11.2 Å². The summed E-state index contributed by atoms with van der Waals surface area (Å²) in [5.74, 6) is -0.782. The number of nitrogens with two attached hydrogens (primary N) is 1. The summed E-state index contributed by atoms with van der Waals surface area (Å²) in [6, 6.07) is 1.93. The van der Waals surface area contributed by atoms with Crippen LogP contribution in [-0.4, -0.2) is 11.1 Å². The number of thiophene rings is 1. The largest absolute Gasteiger partial charge is 0.481 e. The van der Waals surface area contributed by atoms with Gasteiger partial charge >= 0.3 is 5.97 Å². The Morgan fingerprint density at radius 3 is 3.00 bits per heavy atom. The molecule has 0 radical (unpaired) electrons. The summed E-state index contributed by atoms with van der Waals surface area (Å²) in [6.45, 7) is 2.08. The summed E-state index contributed by atoms with van der Waals surface area (Å²) in [7, 11) is 0. The predicted molar refractivity (Wildman–Crippen MR) is 57.5 cm³/mol. The summed E-state index contributed by atoms with van der Waals surface area (Å²) >= 11 is 1.62. The number of aryl methyl sites for hydroxylation is 1. The second-order valence-corrected chi connectivity index (χ2v) is 4.15. The van der Waals surface area contributed by atoms with Gasteiger partial charge in [0, 0.05) is 17.3 Å². The molecule has 1 aromatic rings. The highest BCUT2D eigenvalue weighted by molar-refractivity contribution is 7.10. The first-order valence-electron chi connectivity index (χ1n) is 4.68. The Hall–Kier alpha value is -0.870. The number of carboxylic acid groups (broad SMARTS) is 1. The third-order valence-corrected chi connectivity index (χ3v) is 3.26. The molecule has 0 saturated heterocycles. The molecule has 0 bridgehead atoms. The summed E-state index contributed by atoms with van der Waals surface area (Å²) in [6.07, 6.45) is 1.62. The molecule has 0 fully saturated rings. The molecule has 1 heterocycles. The van der Waals surface area contributed by atoms with Gasteiger partial charge in [0.05, 0.1) is 0 Å². The van der Waals surface area contributed by atoms with E-state index in [0.717, 1.165) is 11.3 Å². The van der Waals surface area contributed by atoms with Gasteiger partial charge in [0.1, 0.15) is 0 Å². The monoisotopic (exact) mass is 213 g/mol. The van der Waals surface area contributed by atoms with Gasteiger partial charge in [-0.25, -0.2) is 0 Å². The molecule has 3 N–H and O–H groups in total. The molecule has 1 rings (SSSR count). The van der Waals surface area contributed by atoms with Crippen LogP contribution in [0.4, 0.5) is 0 Å². The van der Waals surface area contributed by atoms with E-state index in [9.17, 15) is 4.79 Å². The van der Waals surface area contributed by atoms with E-state index in [1.165, 1.54) is 5.56 Å². The predicted octanol–water partition coefficient (Wildman–Crippen LogP) is 2.18. The van der Waals surface area contributed by atoms with E-state index in [4.69, 9.17) is 10.8 Å². The second-order valence-electron chi connectivity index (χ2n) is 3.20. The lowest BCUT2D eigenvalue weighted by Gasteiger charge is -2.10. The highest BCUT2D eigenvalue weighted by Gasteiger charge is 2.12. The van der Waals surface area contributed by atoms with Crippen LogP contribution in [0, 0.1) is 0 Å². The van der Waals surface area contributed by atoms with Gasteiger partial charge in [-0.05, 0) is 29.9 Å². The average molecular weight is 213 g/mol. The summed E-state index contributed by atoms with van der Waals surface area (Å²) < 4.78 is 0. The highest BCUT2D eigenvalue weighted by atomic mass is 32.1. The molecule has 14 heavy (non-hydrogen) atoms. The maximum atomic E-state index is 10.4. The lowest BCUT2D eigenvalue weighted by molar-refractivity contribution is -0.137. The highest BCUT2D eigenvalue weighted by Crippen LogP contribution is 2.26. The van der Waals surface area contributed by atoms with Gasteiger partial charge < -0.3 is 10.8 Å². The standard InChI is InChI=1S/C10H15NO2S/c1-2-7-5-6-14-10(7)8(11)3-4-9(12)13/h5-6,8H,2-4,11H2,1H3,(H,12,13). The van der Waals surface area contributed by atoms with E-state index >= 15 is 0 Å². The molecule has 78 valence electrons. The van der Waals surface area contributed by atoms with E-state index in [2.05, 4.69) is 13.0 Å². The summed E-state index contributed by atoms with van der Waals surface area (Å²) in [4.78, 5) is 11.5. The molecule has 0 amide bonds. The zero-order valence-electron chi connectivity index (χ0n) is 8.19. The van der Waals surface area contributed by atoms with Crippen molar-refractivity contribution in [3.8, 4) is 0 Å². The number of carboxylic acids is 1. The lowest BCUT2D eigenvalue weighted by atomic mass is 10.1. The number of rotatable bonds is 5. The van der Waals surface area contributed by atoms with Crippen molar-refractivity contribution in [2.75, 3.05) is 0 Å². The normalized spacial score (nSPS) is 12.7. The Balaban J connectivity index is 2.59. The molecule has 4 heteroatoms. The molecule has 0 spiro atoms. The third-order valence-electron chi connectivity index (χ3n) is 2.17. The van der Waals surface area contributed by atoms with Crippen LogP contribution >= 0.6 is 11.3 Å². The fourth-order valence-corrected chi connectivity index (χ4v) is 2.41. The molecule has 0 aliphatic rings. The number of hydrogen-bond donors (Lipinski definition) is 2. The minimum Gasteiger partial charge on any atom is -0.481 e. The minimum absolute atomic E-state index is 0.124. The van der Waals surface area contributed by atoms with Crippen LogP contribution in [0.5, 0.6) is 0 Å². The zero-order chi connectivity index (χ0) is 10.6. The number of aliphatic carboxylic acids is 1. The van der Waals surface area contributed by atoms with Gasteiger partial charge in [-0.3, -0.25) is 4.79 Å².